The van der Waals surface area contributed by atoms with Crippen molar-refractivity contribution in [3.8, 4) is 17.6 Å². The van der Waals surface area contributed by atoms with E-state index in [2.05, 4.69) is 11.8 Å². The standard InChI is InChI=1S/C11H10Cl2O/c1-8-6-9(4-2-3-5-12)7-10(13)11(8)14/h6-7,14H,3,5H2,1H3. The van der Waals surface area contributed by atoms with Crippen molar-refractivity contribution in [1.29, 1.82) is 0 Å². The Bertz CT molecular complexity index is 365. The van der Waals surface area contributed by atoms with Crippen molar-refractivity contribution in [3.63, 3.8) is 0 Å². The monoisotopic (exact) mass is 228 g/mol. The Hall–Kier alpha value is -0.840. The highest BCUT2D eigenvalue weighted by Crippen LogP contribution is 2.27. The third-order valence-electron chi connectivity index (χ3n) is 1.71. The maximum Gasteiger partial charge on any atom is 0.137 e. The summed E-state index contributed by atoms with van der Waals surface area (Å²) in [4.78, 5) is 0. The lowest BCUT2D eigenvalue weighted by Crippen LogP contribution is -1.81. The van der Waals surface area contributed by atoms with Crippen LogP contribution in [0.2, 0.25) is 5.02 Å². The van der Waals surface area contributed by atoms with Gasteiger partial charge in [-0.3, -0.25) is 0 Å². The van der Waals surface area contributed by atoms with Crippen molar-refractivity contribution in [2.75, 3.05) is 5.88 Å². The molecule has 0 aromatic heterocycles. The molecule has 14 heavy (non-hydrogen) atoms. The van der Waals surface area contributed by atoms with Gasteiger partial charge in [-0.1, -0.05) is 23.4 Å². The number of rotatable bonds is 1. The van der Waals surface area contributed by atoms with Crippen LogP contribution < -0.4 is 0 Å². The van der Waals surface area contributed by atoms with E-state index in [4.69, 9.17) is 23.2 Å². The van der Waals surface area contributed by atoms with Crippen molar-refractivity contribution in [2.24, 2.45) is 0 Å². The van der Waals surface area contributed by atoms with Gasteiger partial charge in [-0.15, -0.1) is 11.6 Å². The van der Waals surface area contributed by atoms with Gasteiger partial charge in [0, 0.05) is 17.9 Å². The zero-order valence-electron chi connectivity index (χ0n) is 7.77. The molecular weight excluding hydrogens is 219 g/mol. The topological polar surface area (TPSA) is 20.2 Å². The molecule has 1 nitrogen and oxygen atoms in total. The fourth-order valence-electron chi connectivity index (χ4n) is 1.02. The molecule has 1 aromatic rings. The summed E-state index contributed by atoms with van der Waals surface area (Å²) in [5.41, 5.74) is 1.53. The van der Waals surface area contributed by atoms with Gasteiger partial charge in [0.15, 0.2) is 0 Å². The summed E-state index contributed by atoms with van der Waals surface area (Å²) in [6.45, 7) is 1.79. The van der Waals surface area contributed by atoms with Crippen molar-refractivity contribution >= 4 is 23.2 Å². The van der Waals surface area contributed by atoms with Gasteiger partial charge in [-0.05, 0) is 24.6 Å². The molecule has 1 N–H and O–H groups in total. The van der Waals surface area contributed by atoms with Crippen LogP contribution in [0.3, 0.4) is 0 Å². The van der Waals surface area contributed by atoms with E-state index in [1.807, 2.05) is 0 Å². The first-order valence-electron chi connectivity index (χ1n) is 4.19. The number of alkyl halides is 1. The van der Waals surface area contributed by atoms with Gasteiger partial charge in [0.25, 0.3) is 0 Å². The molecule has 0 amide bonds. The van der Waals surface area contributed by atoms with Crippen LogP contribution in [0.25, 0.3) is 0 Å². The second kappa shape index (κ2) is 5.14. The van der Waals surface area contributed by atoms with Crippen LogP contribution in [0.5, 0.6) is 5.75 Å². The average Bonchev–Trinajstić information content (AvgIpc) is 2.14. The molecule has 0 aliphatic rings. The maximum atomic E-state index is 9.40. The summed E-state index contributed by atoms with van der Waals surface area (Å²) in [7, 11) is 0. The van der Waals surface area contributed by atoms with E-state index in [1.54, 1.807) is 19.1 Å². The SMILES string of the molecule is Cc1cc(C#CCCCl)cc(Cl)c1O. The minimum atomic E-state index is 0.120. The Kier molecular flexibility index (Phi) is 4.13. The molecule has 0 atom stereocenters. The summed E-state index contributed by atoms with van der Waals surface area (Å²) in [5, 5.41) is 9.73. The molecule has 0 aliphatic carbocycles. The summed E-state index contributed by atoms with van der Waals surface area (Å²) in [6.07, 6.45) is 0.652. The highest BCUT2D eigenvalue weighted by Gasteiger charge is 2.02. The maximum absolute atomic E-state index is 9.40. The smallest absolute Gasteiger partial charge is 0.137 e. The number of hydrogen-bond donors (Lipinski definition) is 1. The number of aromatic hydroxyl groups is 1. The quantitative estimate of drug-likeness (QED) is 0.578. The zero-order valence-corrected chi connectivity index (χ0v) is 9.28. The van der Waals surface area contributed by atoms with E-state index < -0.39 is 0 Å². The normalized spacial score (nSPS) is 9.36. The molecule has 0 fully saturated rings. The Morgan fingerprint density at radius 2 is 2.14 bits per heavy atom. The molecule has 0 heterocycles. The molecule has 1 rings (SSSR count). The number of aryl methyl sites for hydroxylation is 1. The number of halogens is 2. The highest BCUT2D eigenvalue weighted by molar-refractivity contribution is 6.32. The van der Waals surface area contributed by atoms with Crippen LogP contribution in [0.1, 0.15) is 17.5 Å². The Labute approximate surface area is 93.7 Å². The van der Waals surface area contributed by atoms with Gasteiger partial charge < -0.3 is 5.11 Å². The molecule has 3 heteroatoms. The highest BCUT2D eigenvalue weighted by atomic mass is 35.5. The molecule has 74 valence electrons. The summed E-state index contributed by atoms with van der Waals surface area (Å²) < 4.78 is 0. The largest absolute Gasteiger partial charge is 0.506 e. The lowest BCUT2D eigenvalue weighted by Gasteiger charge is -2.01. The molecule has 0 unspecified atom stereocenters. The fraction of sp³-hybridized carbons (Fsp3) is 0.273. The van der Waals surface area contributed by atoms with Gasteiger partial charge in [-0.2, -0.15) is 0 Å². The molecule has 0 aliphatic heterocycles. The second-order valence-electron chi connectivity index (χ2n) is 2.86. The van der Waals surface area contributed by atoms with Crippen molar-refractivity contribution in [3.05, 3.63) is 28.3 Å². The molecule has 0 bridgehead atoms. The first-order valence-corrected chi connectivity index (χ1v) is 5.10. The van der Waals surface area contributed by atoms with Crippen LogP contribution >= 0.6 is 23.2 Å². The summed E-state index contributed by atoms with van der Waals surface area (Å²) >= 11 is 11.3. The lowest BCUT2D eigenvalue weighted by molar-refractivity contribution is 0.471. The zero-order chi connectivity index (χ0) is 10.6. The molecule has 0 saturated heterocycles. The van der Waals surface area contributed by atoms with E-state index in [9.17, 15) is 5.11 Å². The van der Waals surface area contributed by atoms with Gasteiger partial charge in [0.05, 0.1) is 5.02 Å². The van der Waals surface area contributed by atoms with E-state index in [-0.39, 0.29) is 5.75 Å². The lowest BCUT2D eigenvalue weighted by atomic mass is 10.1. The molecular formula is C11H10Cl2O. The van der Waals surface area contributed by atoms with E-state index in [1.165, 1.54) is 0 Å². The van der Waals surface area contributed by atoms with E-state index in [0.717, 1.165) is 11.1 Å². The Morgan fingerprint density at radius 1 is 1.43 bits per heavy atom. The molecule has 0 saturated carbocycles. The third-order valence-corrected chi connectivity index (χ3v) is 2.18. The van der Waals surface area contributed by atoms with Crippen molar-refractivity contribution in [2.45, 2.75) is 13.3 Å². The van der Waals surface area contributed by atoms with E-state index in [0.29, 0.717) is 17.3 Å². The van der Waals surface area contributed by atoms with E-state index >= 15 is 0 Å². The van der Waals surface area contributed by atoms with Gasteiger partial charge in [0.1, 0.15) is 5.75 Å². The van der Waals surface area contributed by atoms with Crippen molar-refractivity contribution in [1.82, 2.24) is 0 Å². The van der Waals surface area contributed by atoms with Crippen LogP contribution in [-0.2, 0) is 0 Å². The minimum Gasteiger partial charge on any atom is -0.506 e. The van der Waals surface area contributed by atoms with Crippen LogP contribution in [0, 0.1) is 18.8 Å². The number of hydrogen-bond acceptors (Lipinski definition) is 1. The predicted octanol–water partition coefficient (Wildman–Crippen LogP) is 3.33. The Balaban J connectivity index is 2.97. The minimum absolute atomic E-state index is 0.120. The number of phenols is 1. The Morgan fingerprint density at radius 3 is 2.71 bits per heavy atom. The average molecular weight is 229 g/mol. The van der Waals surface area contributed by atoms with Crippen LogP contribution in [0.4, 0.5) is 0 Å². The summed E-state index contributed by atoms with van der Waals surface area (Å²) in [5.74, 6) is 6.47. The fourth-order valence-corrected chi connectivity index (χ4v) is 1.38. The molecule has 0 radical (unpaired) electrons. The van der Waals surface area contributed by atoms with Crippen LogP contribution in [-0.4, -0.2) is 11.0 Å². The van der Waals surface area contributed by atoms with Crippen molar-refractivity contribution < 1.29 is 5.11 Å². The number of benzene rings is 1. The van der Waals surface area contributed by atoms with Gasteiger partial charge >= 0.3 is 0 Å². The van der Waals surface area contributed by atoms with Gasteiger partial charge in [-0.25, -0.2) is 0 Å². The first-order chi connectivity index (χ1) is 6.65. The first kappa shape index (κ1) is 11.2. The van der Waals surface area contributed by atoms with Crippen LogP contribution in [0.15, 0.2) is 12.1 Å². The third kappa shape index (κ3) is 2.83. The predicted molar refractivity (Wildman–Crippen MR) is 60.1 cm³/mol. The molecule has 0 spiro atoms. The van der Waals surface area contributed by atoms with Gasteiger partial charge in [0.2, 0.25) is 0 Å². The second-order valence-corrected chi connectivity index (χ2v) is 3.65. The molecule has 1 aromatic carbocycles. The number of phenolic OH excluding ortho intramolecular Hbond substituents is 1. The summed E-state index contributed by atoms with van der Waals surface area (Å²) in [6, 6.07) is 3.44.